The number of aromatic nitrogens is 1. The minimum absolute atomic E-state index is 0.191. The number of hydrogen-bond donors (Lipinski definition) is 1. The number of amides is 2. The van der Waals surface area contributed by atoms with Crippen molar-refractivity contribution in [3.05, 3.63) is 53.2 Å². The lowest BCUT2D eigenvalue weighted by molar-refractivity contribution is 0.0258. The molecule has 3 rings (SSSR count). The fraction of sp³-hybridized carbons (Fsp3) is 0.409. The molecule has 29 heavy (non-hydrogen) atoms. The van der Waals surface area contributed by atoms with Crippen molar-refractivity contribution in [3.8, 4) is 11.6 Å². The van der Waals surface area contributed by atoms with Crippen molar-refractivity contribution in [1.82, 2.24) is 15.2 Å². The van der Waals surface area contributed by atoms with E-state index < -0.39 is 5.60 Å². The predicted octanol–water partition coefficient (Wildman–Crippen LogP) is 3.57. The second kappa shape index (κ2) is 8.51. The summed E-state index contributed by atoms with van der Waals surface area (Å²) in [5.41, 5.74) is 2.32. The summed E-state index contributed by atoms with van der Waals surface area (Å²) in [5.74, 6) is 0.903. The van der Waals surface area contributed by atoms with Gasteiger partial charge in [0.2, 0.25) is 5.88 Å². The smallest absolute Gasteiger partial charge is 0.410 e. The van der Waals surface area contributed by atoms with Crippen LogP contribution in [0.5, 0.6) is 11.6 Å². The summed E-state index contributed by atoms with van der Waals surface area (Å²) in [6.45, 7) is 6.85. The first-order chi connectivity index (χ1) is 13.7. The Balaban J connectivity index is 1.67. The molecule has 0 bridgehead atoms. The van der Waals surface area contributed by atoms with Crippen molar-refractivity contribution in [3.63, 3.8) is 0 Å². The zero-order chi connectivity index (χ0) is 21.0. The van der Waals surface area contributed by atoms with E-state index in [9.17, 15) is 9.59 Å². The minimum atomic E-state index is -0.502. The Morgan fingerprint density at radius 2 is 1.79 bits per heavy atom. The van der Waals surface area contributed by atoms with E-state index in [4.69, 9.17) is 9.47 Å². The predicted molar refractivity (Wildman–Crippen MR) is 109 cm³/mol. The number of ether oxygens (including phenoxy) is 2. The van der Waals surface area contributed by atoms with Gasteiger partial charge in [-0.25, -0.2) is 9.78 Å². The minimum Gasteiger partial charge on any atom is -0.444 e. The second-order valence-corrected chi connectivity index (χ2v) is 7.96. The van der Waals surface area contributed by atoms with E-state index >= 15 is 0 Å². The Labute approximate surface area is 171 Å². The number of carbonyl (C=O) groups is 2. The van der Waals surface area contributed by atoms with Crippen LogP contribution in [0.25, 0.3) is 0 Å². The lowest BCUT2D eigenvalue weighted by atomic mass is 10.0. The average Bonchev–Trinajstić information content (AvgIpc) is 2.89. The highest BCUT2D eigenvalue weighted by atomic mass is 16.6. The third-order valence-corrected chi connectivity index (χ3v) is 4.58. The Hall–Kier alpha value is -3.09. The maximum absolute atomic E-state index is 12.4. The molecule has 2 aromatic rings. The second-order valence-electron chi connectivity index (χ2n) is 7.96. The lowest BCUT2D eigenvalue weighted by Gasteiger charge is -2.26. The maximum atomic E-state index is 12.4. The van der Waals surface area contributed by atoms with Crippen LogP contribution in [0.2, 0.25) is 0 Å². The van der Waals surface area contributed by atoms with Crippen LogP contribution in [-0.2, 0) is 17.6 Å². The summed E-state index contributed by atoms with van der Waals surface area (Å²) in [5, 5.41) is 2.56. The van der Waals surface area contributed by atoms with Gasteiger partial charge < -0.3 is 19.7 Å². The first-order valence-electron chi connectivity index (χ1n) is 9.71. The molecular weight excluding hydrogens is 370 g/mol. The highest BCUT2D eigenvalue weighted by Gasteiger charge is 2.24. The topological polar surface area (TPSA) is 80.8 Å². The zero-order valence-corrected chi connectivity index (χ0v) is 17.3. The van der Waals surface area contributed by atoms with Crippen LogP contribution in [0.15, 0.2) is 36.5 Å². The molecule has 0 fully saturated rings. The molecule has 0 unspecified atom stereocenters. The first-order valence-corrected chi connectivity index (χ1v) is 9.71. The number of benzene rings is 1. The molecular formula is C22H27N3O4. The van der Waals surface area contributed by atoms with Crippen molar-refractivity contribution in [2.45, 2.75) is 39.2 Å². The van der Waals surface area contributed by atoms with Crippen molar-refractivity contribution in [2.75, 3.05) is 20.1 Å². The average molecular weight is 397 g/mol. The van der Waals surface area contributed by atoms with Gasteiger partial charge in [-0.1, -0.05) is 6.07 Å². The first kappa shape index (κ1) is 20.6. The number of carbonyl (C=O) groups excluding carboxylic acids is 2. The number of nitrogens with one attached hydrogen (secondary N) is 1. The molecule has 1 aliphatic rings. The van der Waals surface area contributed by atoms with E-state index in [2.05, 4.69) is 10.3 Å². The number of pyridine rings is 1. The molecule has 1 aliphatic heterocycles. The summed E-state index contributed by atoms with van der Waals surface area (Å²) >= 11 is 0. The third-order valence-electron chi connectivity index (χ3n) is 4.58. The monoisotopic (exact) mass is 397 g/mol. The standard InChI is InChI=1S/C22H27N3O4/c1-22(2,3)29-21(27)25-11-9-15-5-7-18(13-16(15)10-12-25)28-19-8-6-17(14-24-19)20(26)23-4/h5-8,13-14H,9-12H2,1-4H3,(H,23,26). The van der Waals surface area contributed by atoms with Crippen LogP contribution in [-0.4, -0.2) is 47.6 Å². The molecule has 7 heteroatoms. The van der Waals surface area contributed by atoms with E-state index in [0.29, 0.717) is 30.3 Å². The van der Waals surface area contributed by atoms with Gasteiger partial charge in [-0.05, 0) is 62.9 Å². The molecule has 7 nitrogen and oxygen atoms in total. The Morgan fingerprint density at radius 3 is 2.41 bits per heavy atom. The van der Waals surface area contributed by atoms with Gasteiger partial charge in [0.15, 0.2) is 0 Å². The summed E-state index contributed by atoms with van der Waals surface area (Å²) in [6, 6.07) is 9.25. The molecule has 0 spiro atoms. The molecule has 1 aromatic carbocycles. The molecule has 2 heterocycles. The van der Waals surface area contributed by atoms with E-state index in [-0.39, 0.29) is 12.0 Å². The quantitative estimate of drug-likeness (QED) is 0.856. The van der Waals surface area contributed by atoms with Crippen molar-refractivity contribution in [1.29, 1.82) is 0 Å². The molecule has 1 N–H and O–H groups in total. The van der Waals surface area contributed by atoms with Gasteiger partial charge in [-0.2, -0.15) is 0 Å². The lowest BCUT2D eigenvalue weighted by Crippen LogP contribution is -2.38. The van der Waals surface area contributed by atoms with Crippen molar-refractivity contribution >= 4 is 12.0 Å². The third kappa shape index (κ3) is 5.47. The van der Waals surface area contributed by atoms with Crippen LogP contribution >= 0.6 is 0 Å². The fourth-order valence-electron chi connectivity index (χ4n) is 3.11. The fourth-order valence-corrected chi connectivity index (χ4v) is 3.11. The van der Waals surface area contributed by atoms with Gasteiger partial charge in [0.1, 0.15) is 11.4 Å². The molecule has 0 atom stereocenters. The summed E-state index contributed by atoms with van der Waals surface area (Å²) in [7, 11) is 1.58. The SMILES string of the molecule is CNC(=O)c1ccc(Oc2ccc3c(c2)CCN(C(=O)OC(C)(C)C)CC3)nc1. The van der Waals surface area contributed by atoms with E-state index in [0.717, 1.165) is 18.4 Å². The van der Waals surface area contributed by atoms with E-state index in [1.165, 1.54) is 11.8 Å². The highest BCUT2D eigenvalue weighted by molar-refractivity contribution is 5.93. The molecule has 154 valence electrons. The number of rotatable bonds is 3. The molecule has 0 aliphatic carbocycles. The normalized spacial score (nSPS) is 13.9. The summed E-state index contributed by atoms with van der Waals surface area (Å²) in [4.78, 5) is 29.9. The Morgan fingerprint density at radius 1 is 1.07 bits per heavy atom. The van der Waals surface area contributed by atoms with Crippen LogP contribution in [0.1, 0.15) is 42.3 Å². The van der Waals surface area contributed by atoms with Crippen LogP contribution in [0.4, 0.5) is 4.79 Å². The van der Waals surface area contributed by atoms with Gasteiger partial charge >= 0.3 is 6.09 Å². The highest BCUT2D eigenvalue weighted by Crippen LogP contribution is 2.26. The Bertz CT molecular complexity index is 888. The van der Waals surface area contributed by atoms with Crippen LogP contribution in [0, 0.1) is 0 Å². The van der Waals surface area contributed by atoms with E-state index in [1.807, 2.05) is 39.0 Å². The maximum Gasteiger partial charge on any atom is 0.410 e. The molecule has 0 saturated carbocycles. The molecule has 0 saturated heterocycles. The molecule has 0 radical (unpaired) electrons. The number of nitrogens with zero attached hydrogens (tertiary/aromatic N) is 2. The van der Waals surface area contributed by atoms with Gasteiger partial charge in [0.05, 0.1) is 5.56 Å². The van der Waals surface area contributed by atoms with Crippen LogP contribution in [0.3, 0.4) is 0 Å². The number of fused-ring (bicyclic) bond motifs is 1. The van der Waals surface area contributed by atoms with Crippen molar-refractivity contribution < 1.29 is 19.1 Å². The van der Waals surface area contributed by atoms with Crippen LogP contribution < -0.4 is 10.1 Å². The number of hydrogen-bond acceptors (Lipinski definition) is 5. The van der Waals surface area contributed by atoms with E-state index in [1.54, 1.807) is 24.1 Å². The van der Waals surface area contributed by atoms with Crippen molar-refractivity contribution in [2.24, 2.45) is 0 Å². The largest absolute Gasteiger partial charge is 0.444 e. The van der Waals surface area contributed by atoms with Gasteiger partial charge in [-0.3, -0.25) is 4.79 Å². The molecule has 2 amide bonds. The molecule has 1 aromatic heterocycles. The summed E-state index contributed by atoms with van der Waals surface area (Å²) < 4.78 is 11.3. The Kier molecular flexibility index (Phi) is 6.06. The summed E-state index contributed by atoms with van der Waals surface area (Å²) in [6.07, 6.45) is 2.71. The van der Waals surface area contributed by atoms with Gasteiger partial charge in [-0.15, -0.1) is 0 Å². The zero-order valence-electron chi connectivity index (χ0n) is 17.3. The van der Waals surface area contributed by atoms with Gasteiger partial charge in [0.25, 0.3) is 5.91 Å². The van der Waals surface area contributed by atoms with Gasteiger partial charge in [0, 0.05) is 32.4 Å².